The first kappa shape index (κ1) is 19.7. The Bertz CT molecular complexity index is 644. The molecule has 0 aliphatic carbocycles. The zero-order chi connectivity index (χ0) is 17.9. The zero-order valence-electron chi connectivity index (χ0n) is 14.5. The number of rotatable bonds is 10. The second-order valence-corrected chi connectivity index (χ2v) is 7.13. The van der Waals surface area contributed by atoms with Crippen LogP contribution in [0.2, 0.25) is 5.02 Å². The number of amides is 1. The van der Waals surface area contributed by atoms with Gasteiger partial charge in [-0.1, -0.05) is 49.2 Å². The molecule has 2 aromatic rings. The van der Waals surface area contributed by atoms with Crippen LogP contribution in [0.4, 0.5) is 0 Å². The number of hydrogen-bond acceptors (Lipinski definition) is 3. The minimum Gasteiger partial charge on any atom is -0.492 e. The van der Waals surface area contributed by atoms with E-state index in [2.05, 4.69) is 24.4 Å². The van der Waals surface area contributed by atoms with Gasteiger partial charge < -0.3 is 10.1 Å². The summed E-state index contributed by atoms with van der Waals surface area (Å²) in [6, 6.07) is 15.8. The number of carbonyl (C=O) groups excluding carboxylic acids is 1. The first-order valence-corrected chi connectivity index (χ1v) is 10.0. The highest BCUT2D eigenvalue weighted by Gasteiger charge is 2.02. The van der Waals surface area contributed by atoms with Crippen LogP contribution >= 0.6 is 23.4 Å². The number of benzene rings is 2. The second-order valence-electron chi connectivity index (χ2n) is 5.71. The van der Waals surface area contributed by atoms with E-state index in [1.54, 1.807) is 11.8 Å². The molecule has 134 valence electrons. The smallest absolute Gasteiger partial charge is 0.230 e. The minimum absolute atomic E-state index is 0.0286. The van der Waals surface area contributed by atoms with Crippen LogP contribution < -0.4 is 10.1 Å². The van der Waals surface area contributed by atoms with Crippen molar-refractivity contribution in [3.05, 3.63) is 64.7 Å². The number of halogens is 1. The van der Waals surface area contributed by atoms with Crippen LogP contribution in [0, 0.1) is 0 Å². The Kier molecular flexibility index (Phi) is 8.70. The van der Waals surface area contributed by atoms with Gasteiger partial charge in [-0.05, 0) is 41.8 Å². The van der Waals surface area contributed by atoms with E-state index < -0.39 is 0 Å². The van der Waals surface area contributed by atoms with Gasteiger partial charge in [0, 0.05) is 10.8 Å². The van der Waals surface area contributed by atoms with Crippen LogP contribution in [0.3, 0.4) is 0 Å². The van der Waals surface area contributed by atoms with E-state index in [-0.39, 0.29) is 5.91 Å². The molecule has 0 aromatic heterocycles. The maximum absolute atomic E-state index is 11.8. The van der Waals surface area contributed by atoms with Gasteiger partial charge in [-0.15, -0.1) is 11.8 Å². The van der Waals surface area contributed by atoms with Crippen molar-refractivity contribution >= 4 is 29.3 Å². The fraction of sp³-hybridized carbons (Fsp3) is 0.350. The van der Waals surface area contributed by atoms with Crippen molar-refractivity contribution in [2.45, 2.75) is 25.5 Å². The summed E-state index contributed by atoms with van der Waals surface area (Å²) in [5.41, 5.74) is 2.48. The Morgan fingerprint density at radius 1 is 1.08 bits per heavy atom. The monoisotopic (exact) mass is 377 g/mol. The summed E-state index contributed by atoms with van der Waals surface area (Å²) in [5.74, 6) is 2.10. The van der Waals surface area contributed by atoms with Crippen LogP contribution in [-0.2, 0) is 17.0 Å². The lowest BCUT2D eigenvalue weighted by atomic mass is 10.1. The van der Waals surface area contributed by atoms with Crippen molar-refractivity contribution in [3.63, 3.8) is 0 Å². The molecular weight excluding hydrogens is 354 g/mol. The summed E-state index contributed by atoms with van der Waals surface area (Å²) < 4.78 is 5.64. The van der Waals surface area contributed by atoms with Gasteiger partial charge in [-0.2, -0.15) is 0 Å². The molecule has 0 radical (unpaired) electrons. The predicted octanol–water partition coefficient (Wildman–Crippen LogP) is 4.72. The van der Waals surface area contributed by atoms with E-state index in [4.69, 9.17) is 16.3 Å². The highest BCUT2D eigenvalue weighted by atomic mass is 35.5. The summed E-state index contributed by atoms with van der Waals surface area (Å²) in [4.78, 5) is 11.8. The van der Waals surface area contributed by atoms with Crippen LogP contribution in [0.1, 0.15) is 24.5 Å². The lowest BCUT2D eigenvalue weighted by Gasteiger charge is -2.08. The molecule has 5 heteroatoms. The van der Waals surface area contributed by atoms with E-state index >= 15 is 0 Å². The Hall–Kier alpha value is -1.65. The molecular formula is C20H24ClNO2S. The van der Waals surface area contributed by atoms with Crippen molar-refractivity contribution in [2.24, 2.45) is 0 Å². The number of nitrogens with one attached hydrogen (secondary N) is 1. The predicted molar refractivity (Wildman–Crippen MR) is 107 cm³/mol. The molecule has 0 unspecified atom stereocenters. The molecule has 0 heterocycles. The summed E-state index contributed by atoms with van der Waals surface area (Å²) >= 11 is 7.44. The standard InChI is InChI=1S/C20H24ClNO2S/c1-2-3-16-6-10-19(11-7-16)24-13-12-22-20(23)15-25-14-17-4-8-18(21)9-5-17/h4-11H,2-3,12-15H2,1H3,(H,22,23). The Morgan fingerprint density at radius 2 is 1.76 bits per heavy atom. The molecule has 0 saturated carbocycles. The quantitative estimate of drug-likeness (QED) is 0.609. The molecule has 0 aliphatic heterocycles. The largest absolute Gasteiger partial charge is 0.492 e. The van der Waals surface area contributed by atoms with Crippen molar-refractivity contribution in [1.82, 2.24) is 5.32 Å². The van der Waals surface area contributed by atoms with Crippen molar-refractivity contribution in [2.75, 3.05) is 18.9 Å². The van der Waals surface area contributed by atoms with Crippen LogP contribution in [-0.4, -0.2) is 24.8 Å². The Balaban J connectivity index is 1.56. The third-order valence-electron chi connectivity index (χ3n) is 3.57. The number of aryl methyl sites for hydroxylation is 1. The molecule has 0 bridgehead atoms. The average Bonchev–Trinajstić information content (AvgIpc) is 2.62. The second kappa shape index (κ2) is 11.1. The van der Waals surface area contributed by atoms with Crippen LogP contribution in [0.25, 0.3) is 0 Å². The molecule has 1 N–H and O–H groups in total. The number of hydrogen-bond donors (Lipinski definition) is 1. The molecule has 1 amide bonds. The van der Waals surface area contributed by atoms with Gasteiger partial charge >= 0.3 is 0 Å². The van der Waals surface area contributed by atoms with Crippen molar-refractivity contribution in [1.29, 1.82) is 0 Å². The molecule has 0 spiro atoms. The van der Waals surface area contributed by atoms with Gasteiger partial charge in [0.2, 0.25) is 5.91 Å². The minimum atomic E-state index is 0.0286. The summed E-state index contributed by atoms with van der Waals surface area (Å²) in [5, 5.41) is 3.60. The lowest BCUT2D eigenvalue weighted by Crippen LogP contribution is -2.29. The molecule has 2 aromatic carbocycles. The fourth-order valence-corrected chi connectivity index (χ4v) is 3.24. The third kappa shape index (κ3) is 7.84. The maximum Gasteiger partial charge on any atom is 0.230 e. The first-order chi connectivity index (χ1) is 12.2. The average molecular weight is 378 g/mol. The van der Waals surface area contributed by atoms with E-state index in [1.165, 1.54) is 5.56 Å². The van der Waals surface area contributed by atoms with E-state index in [0.29, 0.717) is 18.9 Å². The third-order valence-corrected chi connectivity index (χ3v) is 4.83. The number of ether oxygens (including phenoxy) is 1. The molecule has 0 aliphatic rings. The van der Waals surface area contributed by atoms with Gasteiger partial charge in [0.1, 0.15) is 12.4 Å². The first-order valence-electron chi connectivity index (χ1n) is 8.48. The van der Waals surface area contributed by atoms with E-state index in [9.17, 15) is 4.79 Å². The maximum atomic E-state index is 11.8. The number of thioether (sulfide) groups is 1. The summed E-state index contributed by atoms with van der Waals surface area (Å²) in [7, 11) is 0. The van der Waals surface area contributed by atoms with Gasteiger partial charge in [0.15, 0.2) is 0 Å². The molecule has 0 atom stereocenters. The van der Waals surface area contributed by atoms with Gasteiger partial charge in [0.25, 0.3) is 0 Å². The highest BCUT2D eigenvalue weighted by molar-refractivity contribution is 7.99. The summed E-state index contributed by atoms with van der Waals surface area (Å²) in [6.45, 7) is 3.15. The Labute approximate surface area is 159 Å². The Morgan fingerprint density at radius 3 is 2.44 bits per heavy atom. The summed E-state index contributed by atoms with van der Waals surface area (Å²) in [6.07, 6.45) is 2.23. The highest BCUT2D eigenvalue weighted by Crippen LogP contribution is 2.15. The molecule has 3 nitrogen and oxygen atoms in total. The lowest BCUT2D eigenvalue weighted by molar-refractivity contribution is -0.118. The van der Waals surface area contributed by atoms with Crippen molar-refractivity contribution in [3.8, 4) is 5.75 Å². The number of carbonyl (C=O) groups is 1. The van der Waals surface area contributed by atoms with Gasteiger partial charge in [-0.25, -0.2) is 0 Å². The van der Waals surface area contributed by atoms with Gasteiger partial charge in [-0.3, -0.25) is 4.79 Å². The van der Waals surface area contributed by atoms with Crippen LogP contribution in [0.5, 0.6) is 5.75 Å². The zero-order valence-corrected chi connectivity index (χ0v) is 16.0. The topological polar surface area (TPSA) is 38.3 Å². The van der Waals surface area contributed by atoms with Gasteiger partial charge in [0.05, 0.1) is 12.3 Å². The molecule has 2 rings (SSSR count). The van der Waals surface area contributed by atoms with E-state index in [1.807, 2.05) is 36.4 Å². The molecule has 0 saturated heterocycles. The van der Waals surface area contributed by atoms with Crippen molar-refractivity contribution < 1.29 is 9.53 Å². The van der Waals surface area contributed by atoms with Crippen LogP contribution in [0.15, 0.2) is 48.5 Å². The van der Waals surface area contributed by atoms with E-state index in [0.717, 1.165) is 34.9 Å². The fourth-order valence-electron chi connectivity index (χ4n) is 2.29. The molecule has 0 fully saturated rings. The molecule has 25 heavy (non-hydrogen) atoms. The normalized spacial score (nSPS) is 10.5. The SMILES string of the molecule is CCCc1ccc(OCCNC(=O)CSCc2ccc(Cl)cc2)cc1.